The van der Waals surface area contributed by atoms with Gasteiger partial charge in [-0.25, -0.2) is 4.79 Å². The topological polar surface area (TPSA) is 32.8 Å². The number of hydrogen-bond donors (Lipinski definition) is 0. The van der Waals surface area contributed by atoms with Crippen molar-refractivity contribution in [3.05, 3.63) is 252 Å². The highest BCUT2D eigenvalue weighted by Crippen LogP contribution is 2.71. The highest BCUT2D eigenvalue weighted by molar-refractivity contribution is 5.94. The maximum atomic E-state index is 12.8. The Morgan fingerprint density at radius 3 is 1.99 bits per heavy atom. The van der Waals surface area contributed by atoms with Crippen molar-refractivity contribution >= 4 is 56.9 Å². The normalized spacial score (nSPS) is 18.3. The number of nitrogens with zero attached hydrogens (tertiary/aromatic N) is 2. The van der Waals surface area contributed by atoms with E-state index in [1.54, 1.807) is 6.92 Å². The largest absolute Gasteiger partial charge is 0.423 e. The summed E-state index contributed by atoms with van der Waals surface area (Å²) in [7, 11) is 0. The van der Waals surface area contributed by atoms with Crippen molar-refractivity contribution in [1.82, 2.24) is 0 Å². The summed E-state index contributed by atoms with van der Waals surface area (Å²) in [4.78, 5) is 17.4. The van der Waals surface area contributed by atoms with Gasteiger partial charge in [-0.05, 0) is 136 Å². The standard InChI is InChI=1S/C63H48N2O2/c1-6-18-44-28-30-49(37-43(44)7-2)64(47-21-9-8-10-22-47)51-32-34-54-55-35-33-52(41-60(55)63(59(54)40-51)58-27-14-13-25-56(58)57-26-15-16-36-62(57,63)5)65(50-31-29-45-19-11-12-20-46(45)38-50)48-23-17-24-53(39-48)67-61(66)42(3)4/h2,6,8-41,57H,3H2,1,4-5H3/b18-6-. The molecule has 11 rings (SSSR count). The Balaban J connectivity index is 1.17. The Morgan fingerprint density at radius 1 is 0.642 bits per heavy atom. The highest BCUT2D eigenvalue weighted by Gasteiger charge is 2.63. The number of allylic oxidation sites excluding steroid dienone is 5. The monoisotopic (exact) mass is 864 g/mol. The van der Waals surface area contributed by atoms with Crippen molar-refractivity contribution in [3.8, 4) is 29.2 Å². The summed E-state index contributed by atoms with van der Waals surface area (Å²) in [5.41, 5.74) is 14.6. The summed E-state index contributed by atoms with van der Waals surface area (Å²) in [6, 6.07) is 62.8. The molecule has 4 heteroatoms. The molecule has 8 aromatic rings. The van der Waals surface area contributed by atoms with E-state index >= 15 is 0 Å². The van der Waals surface area contributed by atoms with Gasteiger partial charge in [0.1, 0.15) is 5.75 Å². The van der Waals surface area contributed by atoms with Crippen LogP contribution in [0.2, 0.25) is 0 Å². The Hall–Kier alpha value is -8.39. The molecule has 0 amide bonds. The minimum atomic E-state index is -0.609. The van der Waals surface area contributed by atoms with Crippen LogP contribution in [0.25, 0.3) is 28.0 Å². The number of ether oxygens (including phenoxy) is 1. The van der Waals surface area contributed by atoms with Gasteiger partial charge in [0.25, 0.3) is 0 Å². The Kier molecular flexibility index (Phi) is 10.0. The van der Waals surface area contributed by atoms with Crippen LogP contribution in [0.3, 0.4) is 0 Å². The van der Waals surface area contributed by atoms with Crippen LogP contribution in [-0.4, -0.2) is 5.97 Å². The second kappa shape index (κ2) is 16.2. The van der Waals surface area contributed by atoms with Crippen LogP contribution in [-0.2, 0) is 10.2 Å². The van der Waals surface area contributed by atoms with Gasteiger partial charge in [-0.15, -0.1) is 6.42 Å². The summed E-state index contributed by atoms with van der Waals surface area (Å²) in [6.07, 6.45) is 19.5. The predicted octanol–water partition coefficient (Wildman–Crippen LogP) is 15.8. The average Bonchev–Trinajstić information content (AvgIpc) is 3.78. The Morgan fingerprint density at radius 2 is 1.25 bits per heavy atom. The van der Waals surface area contributed by atoms with Gasteiger partial charge < -0.3 is 14.5 Å². The molecule has 1 spiro atoms. The fraction of sp³-hybridized carbons (Fsp3) is 0.0952. The lowest BCUT2D eigenvalue weighted by molar-refractivity contribution is -0.130. The molecule has 0 aromatic heterocycles. The molecule has 0 radical (unpaired) electrons. The number of carbonyl (C=O) groups excluding carboxylic acids is 1. The van der Waals surface area contributed by atoms with E-state index in [1.165, 1.54) is 33.4 Å². The molecule has 0 saturated carbocycles. The first-order valence-electron chi connectivity index (χ1n) is 22.8. The molecule has 3 atom stereocenters. The van der Waals surface area contributed by atoms with Crippen LogP contribution >= 0.6 is 0 Å². The molecule has 0 bridgehead atoms. The van der Waals surface area contributed by atoms with Crippen molar-refractivity contribution in [1.29, 1.82) is 0 Å². The molecule has 0 heterocycles. The van der Waals surface area contributed by atoms with Gasteiger partial charge in [0.15, 0.2) is 0 Å². The lowest BCUT2D eigenvalue weighted by Crippen LogP contribution is -2.42. The molecule has 0 aliphatic heterocycles. The van der Waals surface area contributed by atoms with Crippen LogP contribution < -0.4 is 14.5 Å². The van der Waals surface area contributed by atoms with Crippen LogP contribution in [0.1, 0.15) is 60.1 Å². The smallest absolute Gasteiger partial charge is 0.338 e. The molecule has 4 nitrogen and oxygen atoms in total. The minimum absolute atomic E-state index is 0.124. The zero-order valence-corrected chi connectivity index (χ0v) is 37.8. The number of terminal acetylenes is 1. The van der Waals surface area contributed by atoms with Gasteiger partial charge in [0.05, 0.1) is 5.41 Å². The summed E-state index contributed by atoms with van der Waals surface area (Å²) in [5, 5.41) is 2.28. The molecule has 8 aromatic carbocycles. The van der Waals surface area contributed by atoms with E-state index in [1.807, 2.05) is 31.2 Å². The molecule has 3 aliphatic carbocycles. The predicted molar refractivity (Wildman–Crippen MR) is 277 cm³/mol. The summed E-state index contributed by atoms with van der Waals surface area (Å²) in [5.74, 6) is 3.07. The van der Waals surface area contributed by atoms with Crippen molar-refractivity contribution in [2.24, 2.45) is 5.41 Å². The van der Waals surface area contributed by atoms with Gasteiger partial charge in [-0.2, -0.15) is 0 Å². The quantitative estimate of drug-likeness (QED) is 0.0626. The molecule has 3 unspecified atom stereocenters. The van der Waals surface area contributed by atoms with E-state index in [-0.39, 0.29) is 5.92 Å². The highest BCUT2D eigenvalue weighted by atomic mass is 16.5. The van der Waals surface area contributed by atoms with Crippen molar-refractivity contribution in [3.63, 3.8) is 0 Å². The number of fused-ring (bicyclic) bond motifs is 11. The van der Waals surface area contributed by atoms with E-state index < -0.39 is 16.8 Å². The first-order chi connectivity index (χ1) is 32.7. The van der Waals surface area contributed by atoms with Crippen molar-refractivity contribution in [2.45, 2.75) is 32.1 Å². The van der Waals surface area contributed by atoms with Crippen LogP contribution in [0.15, 0.2) is 218 Å². The molecular weight excluding hydrogens is 817 g/mol. The van der Waals surface area contributed by atoms with Crippen LogP contribution in [0.5, 0.6) is 5.75 Å². The number of rotatable bonds is 9. The van der Waals surface area contributed by atoms with Crippen LogP contribution in [0.4, 0.5) is 34.1 Å². The zero-order chi connectivity index (χ0) is 45.9. The Bertz CT molecular complexity index is 3460. The molecule has 0 saturated heterocycles. The molecule has 67 heavy (non-hydrogen) atoms. The molecule has 322 valence electrons. The second-order valence-electron chi connectivity index (χ2n) is 17.9. The Labute approximate surface area is 393 Å². The fourth-order valence-electron chi connectivity index (χ4n) is 11.2. The van der Waals surface area contributed by atoms with Gasteiger partial charge in [-0.3, -0.25) is 0 Å². The summed E-state index contributed by atoms with van der Waals surface area (Å²) >= 11 is 0. The second-order valence-corrected chi connectivity index (χ2v) is 17.9. The first kappa shape index (κ1) is 41.3. The zero-order valence-electron chi connectivity index (χ0n) is 37.8. The SMILES string of the molecule is C#Cc1cc(N(c2ccccc2)c2ccc3c(c2)C2(c4cc(N(c5cccc(OC(=O)C(=C)C)c5)c5ccc6ccccc6c5)ccc4-3)c3ccccc3C3C=CC=CC32C)ccc1/C=C\C. The minimum Gasteiger partial charge on any atom is -0.423 e. The number of para-hydroxylation sites is 1. The number of benzene rings is 8. The third kappa shape index (κ3) is 6.50. The third-order valence-corrected chi connectivity index (χ3v) is 14.1. The molecule has 3 aliphatic rings. The van der Waals surface area contributed by atoms with Crippen molar-refractivity contribution in [2.75, 3.05) is 9.80 Å². The van der Waals surface area contributed by atoms with E-state index in [9.17, 15) is 4.79 Å². The maximum absolute atomic E-state index is 12.8. The van der Waals surface area contributed by atoms with Gasteiger partial charge in [-0.1, -0.05) is 153 Å². The molecular formula is C63H48N2O2. The lowest BCUT2D eigenvalue weighted by Gasteiger charge is -2.45. The maximum Gasteiger partial charge on any atom is 0.338 e. The van der Waals surface area contributed by atoms with Gasteiger partial charge >= 0.3 is 5.97 Å². The van der Waals surface area contributed by atoms with Crippen molar-refractivity contribution < 1.29 is 9.53 Å². The average molecular weight is 865 g/mol. The van der Waals surface area contributed by atoms with Gasteiger partial charge in [0.2, 0.25) is 0 Å². The molecule has 0 fully saturated rings. The number of anilines is 6. The number of carbonyl (C=O) groups is 1. The number of esters is 1. The van der Waals surface area contributed by atoms with E-state index in [0.29, 0.717) is 11.3 Å². The summed E-state index contributed by atoms with van der Waals surface area (Å²) in [6.45, 7) is 9.95. The number of hydrogen-bond acceptors (Lipinski definition) is 4. The summed E-state index contributed by atoms with van der Waals surface area (Å²) < 4.78 is 5.84. The van der Waals surface area contributed by atoms with E-state index in [4.69, 9.17) is 11.2 Å². The van der Waals surface area contributed by atoms with E-state index in [2.05, 4.69) is 217 Å². The van der Waals surface area contributed by atoms with Gasteiger partial charge in [0, 0.05) is 62.7 Å². The third-order valence-electron chi connectivity index (χ3n) is 14.1. The fourth-order valence-corrected chi connectivity index (χ4v) is 11.2. The molecule has 0 N–H and O–H groups in total. The van der Waals surface area contributed by atoms with Crippen LogP contribution in [0, 0.1) is 17.8 Å². The lowest BCUT2D eigenvalue weighted by atomic mass is 9.56. The first-order valence-corrected chi connectivity index (χ1v) is 22.8. The van der Waals surface area contributed by atoms with E-state index in [0.717, 1.165) is 56.0 Å².